The summed E-state index contributed by atoms with van der Waals surface area (Å²) in [6.07, 6.45) is -3.66. The van der Waals surface area contributed by atoms with Gasteiger partial charge in [-0.05, 0) is 36.2 Å². The molecule has 0 aromatic heterocycles. The maximum atomic E-state index is 12.8. The second-order valence-corrected chi connectivity index (χ2v) is 4.87. The van der Waals surface area contributed by atoms with E-state index >= 15 is 0 Å². The summed E-state index contributed by atoms with van der Waals surface area (Å²) in [7, 11) is 0. The van der Waals surface area contributed by atoms with Gasteiger partial charge in [0.25, 0.3) is 0 Å². The lowest BCUT2D eigenvalue weighted by atomic mass is 10.1. The molecule has 5 heteroatoms. The van der Waals surface area contributed by atoms with Crippen LogP contribution in [0.4, 0.5) is 24.5 Å². The van der Waals surface area contributed by atoms with Crippen molar-refractivity contribution in [3.05, 3.63) is 59.2 Å². The van der Waals surface area contributed by atoms with Crippen molar-refractivity contribution in [1.29, 1.82) is 5.26 Å². The molecule has 1 aliphatic heterocycles. The van der Waals surface area contributed by atoms with Crippen LogP contribution in [-0.4, -0.2) is 6.54 Å². The zero-order chi connectivity index (χ0) is 15.0. The normalized spacial score (nSPS) is 13.9. The number of nitrogens with zero attached hydrogens (tertiary/aromatic N) is 2. The van der Waals surface area contributed by atoms with Crippen LogP contribution in [0.25, 0.3) is 0 Å². The fourth-order valence-corrected chi connectivity index (χ4v) is 2.65. The average molecular weight is 288 g/mol. The molecule has 0 unspecified atom stereocenters. The van der Waals surface area contributed by atoms with E-state index in [1.807, 2.05) is 29.2 Å². The van der Waals surface area contributed by atoms with E-state index in [0.29, 0.717) is 12.2 Å². The Morgan fingerprint density at radius 3 is 2.57 bits per heavy atom. The van der Waals surface area contributed by atoms with Gasteiger partial charge in [-0.15, -0.1) is 0 Å². The molecule has 106 valence electrons. The van der Waals surface area contributed by atoms with E-state index in [1.54, 1.807) is 6.07 Å². The van der Waals surface area contributed by atoms with Crippen molar-refractivity contribution in [3.63, 3.8) is 0 Å². The molecule has 2 aromatic rings. The van der Waals surface area contributed by atoms with Gasteiger partial charge in [0.05, 0.1) is 17.2 Å². The molecule has 0 radical (unpaired) electrons. The van der Waals surface area contributed by atoms with Crippen LogP contribution in [0.5, 0.6) is 0 Å². The monoisotopic (exact) mass is 288 g/mol. The third-order valence-corrected chi connectivity index (χ3v) is 3.63. The number of benzene rings is 2. The van der Waals surface area contributed by atoms with Gasteiger partial charge in [0.1, 0.15) is 0 Å². The molecule has 0 amide bonds. The summed E-state index contributed by atoms with van der Waals surface area (Å²) in [5.41, 5.74) is 1.53. The Balaban J connectivity index is 2.05. The molecule has 21 heavy (non-hydrogen) atoms. The Labute approximate surface area is 120 Å². The number of para-hydroxylation sites is 1. The van der Waals surface area contributed by atoms with Crippen molar-refractivity contribution >= 4 is 11.4 Å². The van der Waals surface area contributed by atoms with Gasteiger partial charge < -0.3 is 4.90 Å². The van der Waals surface area contributed by atoms with Crippen LogP contribution in [-0.2, 0) is 12.6 Å². The van der Waals surface area contributed by atoms with E-state index in [4.69, 9.17) is 5.26 Å². The average Bonchev–Trinajstić information content (AvgIpc) is 2.89. The lowest BCUT2D eigenvalue weighted by molar-refractivity contribution is -0.137. The van der Waals surface area contributed by atoms with Gasteiger partial charge in [0, 0.05) is 17.9 Å². The van der Waals surface area contributed by atoms with E-state index in [-0.39, 0.29) is 5.56 Å². The van der Waals surface area contributed by atoms with Gasteiger partial charge in [-0.2, -0.15) is 18.4 Å². The van der Waals surface area contributed by atoms with E-state index in [1.165, 1.54) is 12.1 Å². The van der Waals surface area contributed by atoms with E-state index in [2.05, 4.69) is 0 Å². The number of rotatable bonds is 1. The molecule has 1 heterocycles. The predicted octanol–water partition coefficient (Wildman–Crippen LogP) is 4.27. The third-order valence-electron chi connectivity index (χ3n) is 3.63. The number of hydrogen-bond acceptors (Lipinski definition) is 2. The Hall–Kier alpha value is -2.48. The first-order chi connectivity index (χ1) is 10.0. The Bertz CT molecular complexity index is 729. The van der Waals surface area contributed by atoms with Gasteiger partial charge in [0.2, 0.25) is 0 Å². The summed E-state index contributed by atoms with van der Waals surface area (Å²) in [4.78, 5) is 1.94. The van der Waals surface area contributed by atoms with Crippen LogP contribution in [0, 0.1) is 11.3 Å². The highest BCUT2D eigenvalue weighted by Crippen LogP contribution is 2.38. The van der Waals surface area contributed by atoms with Crippen LogP contribution in [0.15, 0.2) is 42.5 Å². The molecule has 0 atom stereocenters. The van der Waals surface area contributed by atoms with Crippen molar-refractivity contribution in [2.24, 2.45) is 0 Å². The minimum atomic E-state index is -4.51. The summed E-state index contributed by atoms with van der Waals surface area (Å²) in [6.45, 7) is 0.704. The standard InChI is InChI=1S/C16H11F3N2/c17-16(18,19)14-6-5-13(9-12(14)10-20)21-8-7-11-3-1-2-4-15(11)21/h1-6,9H,7-8H2. The lowest BCUT2D eigenvalue weighted by Crippen LogP contribution is -2.15. The molecular formula is C16H11F3N2. The molecule has 0 bridgehead atoms. The number of alkyl halides is 3. The summed E-state index contributed by atoms with van der Waals surface area (Å²) in [5, 5.41) is 8.98. The first kappa shape index (κ1) is 13.5. The molecular weight excluding hydrogens is 277 g/mol. The SMILES string of the molecule is N#Cc1cc(N2CCc3ccccc32)ccc1C(F)(F)F. The molecule has 0 aliphatic carbocycles. The predicted molar refractivity (Wildman–Crippen MR) is 73.3 cm³/mol. The number of anilines is 2. The molecule has 0 fully saturated rings. The molecule has 0 N–H and O–H groups in total. The molecule has 2 nitrogen and oxygen atoms in total. The number of nitriles is 1. The van der Waals surface area contributed by atoms with Crippen LogP contribution >= 0.6 is 0 Å². The quantitative estimate of drug-likeness (QED) is 0.783. The number of halogens is 3. The van der Waals surface area contributed by atoms with Crippen molar-refractivity contribution < 1.29 is 13.2 Å². The molecule has 0 saturated carbocycles. The van der Waals surface area contributed by atoms with Crippen molar-refractivity contribution in [3.8, 4) is 6.07 Å². The van der Waals surface area contributed by atoms with Crippen molar-refractivity contribution in [1.82, 2.24) is 0 Å². The molecule has 0 saturated heterocycles. The lowest BCUT2D eigenvalue weighted by Gasteiger charge is -2.21. The molecule has 1 aliphatic rings. The van der Waals surface area contributed by atoms with Gasteiger partial charge in [-0.3, -0.25) is 0 Å². The Morgan fingerprint density at radius 1 is 1.10 bits per heavy atom. The first-order valence-corrected chi connectivity index (χ1v) is 6.47. The van der Waals surface area contributed by atoms with Gasteiger partial charge in [-0.25, -0.2) is 0 Å². The van der Waals surface area contributed by atoms with Crippen LogP contribution in [0.1, 0.15) is 16.7 Å². The summed E-state index contributed by atoms with van der Waals surface area (Å²) >= 11 is 0. The van der Waals surface area contributed by atoms with Crippen molar-refractivity contribution in [2.75, 3.05) is 11.4 Å². The number of fused-ring (bicyclic) bond motifs is 1. The Morgan fingerprint density at radius 2 is 1.86 bits per heavy atom. The van der Waals surface area contributed by atoms with E-state index < -0.39 is 11.7 Å². The number of hydrogen-bond donors (Lipinski definition) is 0. The maximum absolute atomic E-state index is 12.8. The molecule has 0 spiro atoms. The van der Waals surface area contributed by atoms with E-state index in [0.717, 1.165) is 23.7 Å². The zero-order valence-electron chi connectivity index (χ0n) is 11.0. The summed E-state index contributed by atoms with van der Waals surface area (Å²) < 4.78 is 38.5. The van der Waals surface area contributed by atoms with Crippen molar-refractivity contribution in [2.45, 2.75) is 12.6 Å². The highest BCUT2D eigenvalue weighted by molar-refractivity contribution is 5.71. The van der Waals surface area contributed by atoms with Crippen LogP contribution in [0.2, 0.25) is 0 Å². The topological polar surface area (TPSA) is 27.0 Å². The summed E-state index contributed by atoms with van der Waals surface area (Å²) in [6, 6.07) is 13.1. The fourth-order valence-electron chi connectivity index (χ4n) is 2.65. The van der Waals surface area contributed by atoms with Crippen LogP contribution in [0.3, 0.4) is 0 Å². The van der Waals surface area contributed by atoms with Crippen LogP contribution < -0.4 is 4.90 Å². The first-order valence-electron chi connectivity index (χ1n) is 6.47. The zero-order valence-corrected chi connectivity index (χ0v) is 11.0. The Kier molecular flexibility index (Phi) is 3.09. The molecule has 3 rings (SSSR count). The largest absolute Gasteiger partial charge is 0.417 e. The fraction of sp³-hybridized carbons (Fsp3) is 0.188. The van der Waals surface area contributed by atoms with Gasteiger partial charge in [-0.1, -0.05) is 18.2 Å². The van der Waals surface area contributed by atoms with Gasteiger partial charge >= 0.3 is 6.18 Å². The second kappa shape index (κ2) is 4.81. The minimum Gasteiger partial charge on any atom is -0.341 e. The maximum Gasteiger partial charge on any atom is 0.417 e. The van der Waals surface area contributed by atoms with E-state index in [9.17, 15) is 13.2 Å². The highest BCUT2D eigenvalue weighted by atomic mass is 19.4. The summed E-state index contributed by atoms with van der Waals surface area (Å²) in [5.74, 6) is 0. The molecule has 2 aromatic carbocycles. The second-order valence-electron chi connectivity index (χ2n) is 4.87. The minimum absolute atomic E-state index is 0.343. The third kappa shape index (κ3) is 2.33. The smallest absolute Gasteiger partial charge is 0.341 e. The van der Waals surface area contributed by atoms with Gasteiger partial charge in [0.15, 0.2) is 0 Å². The highest BCUT2D eigenvalue weighted by Gasteiger charge is 2.34.